The molecular formula is C12H18O8. The number of carbonyl (C=O) groups is 2. The number of carboxylic acid groups (broad SMARTS) is 2. The van der Waals surface area contributed by atoms with Crippen molar-refractivity contribution in [3.63, 3.8) is 0 Å². The third-order valence-corrected chi connectivity index (χ3v) is 2.41. The molecule has 0 aromatic carbocycles. The molecule has 0 saturated carbocycles. The normalized spacial score (nSPS) is 26.6. The molecule has 0 fully saturated rings. The van der Waals surface area contributed by atoms with Crippen molar-refractivity contribution in [2.75, 3.05) is 39.6 Å². The van der Waals surface area contributed by atoms with Crippen molar-refractivity contribution in [1.29, 1.82) is 0 Å². The van der Waals surface area contributed by atoms with E-state index in [1.54, 1.807) is 12.2 Å². The van der Waals surface area contributed by atoms with E-state index in [1.165, 1.54) is 0 Å². The summed E-state index contributed by atoms with van der Waals surface area (Å²) in [6, 6.07) is 0. The Kier molecular flexibility index (Phi) is 7.81. The lowest BCUT2D eigenvalue weighted by Crippen LogP contribution is -2.44. The average Bonchev–Trinajstić information content (AvgIpc) is 2.40. The van der Waals surface area contributed by atoms with Crippen molar-refractivity contribution in [3.8, 4) is 0 Å². The van der Waals surface area contributed by atoms with Crippen molar-refractivity contribution < 1.29 is 38.7 Å². The Labute approximate surface area is 115 Å². The molecule has 1 heterocycles. The fraction of sp³-hybridized carbons (Fsp3) is 0.667. The number of hydrogen-bond acceptors (Lipinski definition) is 6. The predicted octanol–water partition coefficient (Wildman–Crippen LogP) is -0.471. The molecular weight excluding hydrogens is 272 g/mol. The number of aliphatic carboxylic acids is 2. The van der Waals surface area contributed by atoms with E-state index in [0.717, 1.165) is 0 Å². The fourth-order valence-electron chi connectivity index (χ4n) is 1.48. The molecule has 0 saturated heterocycles. The van der Waals surface area contributed by atoms with Gasteiger partial charge in [0.05, 0.1) is 39.6 Å². The van der Waals surface area contributed by atoms with Crippen molar-refractivity contribution in [1.82, 2.24) is 0 Å². The highest BCUT2D eigenvalue weighted by Crippen LogP contribution is 2.07. The van der Waals surface area contributed by atoms with E-state index in [0.29, 0.717) is 13.2 Å². The Morgan fingerprint density at radius 2 is 1.20 bits per heavy atom. The van der Waals surface area contributed by atoms with Crippen LogP contribution in [0.25, 0.3) is 0 Å². The minimum Gasteiger partial charge on any atom is -0.479 e. The number of hydrogen-bond donors (Lipinski definition) is 2. The Morgan fingerprint density at radius 1 is 0.800 bits per heavy atom. The molecule has 0 spiro atoms. The zero-order valence-corrected chi connectivity index (χ0v) is 10.9. The molecule has 8 heteroatoms. The average molecular weight is 290 g/mol. The van der Waals surface area contributed by atoms with E-state index in [2.05, 4.69) is 0 Å². The van der Waals surface area contributed by atoms with E-state index in [9.17, 15) is 9.59 Å². The second-order valence-corrected chi connectivity index (χ2v) is 3.88. The standard InChI is InChI=1S/C12H18O8/c13-11(14)9-10(12(15)16)20-8-6-18-4-2-1-3-17-5-7-19-9/h1-2,9-10H,3-8H2,(H,13,14)(H,15,16). The zero-order chi connectivity index (χ0) is 14.8. The summed E-state index contributed by atoms with van der Waals surface area (Å²) in [5, 5.41) is 18.0. The van der Waals surface area contributed by atoms with Gasteiger partial charge in [0.25, 0.3) is 0 Å². The van der Waals surface area contributed by atoms with Gasteiger partial charge in [0, 0.05) is 0 Å². The van der Waals surface area contributed by atoms with Crippen LogP contribution >= 0.6 is 0 Å². The minimum atomic E-state index is -1.59. The van der Waals surface area contributed by atoms with E-state index < -0.39 is 24.1 Å². The molecule has 20 heavy (non-hydrogen) atoms. The van der Waals surface area contributed by atoms with Gasteiger partial charge in [0.15, 0.2) is 12.2 Å². The summed E-state index contributed by atoms with van der Waals surface area (Å²) in [5.74, 6) is -2.80. The Bertz CT molecular complexity index is 308. The lowest BCUT2D eigenvalue weighted by molar-refractivity contribution is -0.178. The summed E-state index contributed by atoms with van der Waals surface area (Å²) in [7, 11) is 0. The van der Waals surface area contributed by atoms with Gasteiger partial charge in [-0.2, -0.15) is 0 Å². The predicted molar refractivity (Wildman–Crippen MR) is 65.5 cm³/mol. The Hall–Kier alpha value is -1.48. The first-order valence-electron chi connectivity index (χ1n) is 6.12. The number of carboxylic acids is 2. The van der Waals surface area contributed by atoms with E-state index in [1.807, 2.05) is 0 Å². The van der Waals surface area contributed by atoms with Crippen molar-refractivity contribution in [2.24, 2.45) is 0 Å². The van der Waals surface area contributed by atoms with Crippen LogP contribution in [0.15, 0.2) is 12.2 Å². The lowest BCUT2D eigenvalue weighted by atomic mass is 10.2. The molecule has 0 bridgehead atoms. The first kappa shape index (κ1) is 16.6. The summed E-state index contributed by atoms with van der Waals surface area (Å²) < 4.78 is 20.4. The molecule has 0 amide bonds. The van der Waals surface area contributed by atoms with E-state index in [4.69, 9.17) is 29.2 Å². The quantitative estimate of drug-likeness (QED) is 0.656. The monoisotopic (exact) mass is 290 g/mol. The summed E-state index contributed by atoms with van der Waals surface area (Å²) in [5.41, 5.74) is 0. The summed E-state index contributed by atoms with van der Waals surface area (Å²) in [6.07, 6.45) is 0.354. The molecule has 0 radical (unpaired) electrons. The maximum Gasteiger partial charge on any atom is 0.336 e. The first-order chi connectivity index (χ1) is 9.63. The summed E-state index contributed by atoms with van der Waals surface area (Å²) >= 11 is 0. The number of ether oxygens (including phenoxy) is 4. The van der Waals surface area contributed by atoms with Gasteiger partial charge in [-0.05, 0) is 0 Å². The molecule has 1 rings (SSSR count). The Balaban J connectivity index is 2.65. The maximum atomic E-state index is 11.1. The van der Waals surface area contributed by atoms with Gasteiger partial charge in [-0.1, -0.05) is 12.2 Å². The van der Waals surface area contributed by atoms with Crippen LogP contribution < -0.4 is 0 Å². The van der Waals surface area contributed by atoms with Crippen LogP contribution in [0.1, 0.15) is 0 Å². The highest BCUT2D eigenvalue weighted by Gasteiger charge is 2.35. The molecule has 0 aromatic heterocycles. The molecule has 0 aliphatic carbocycles. The van der Waals surface area contributed by atoms with Crippen LogP contribution in [0.2, 0.25) is 0 Å². The second-order valence-electron chi connectivity index (χ2n) is 3.88. The molecule has 8 nitrogen and oxygen atoms in total. The van der Waals surface area contributed by atoms with E-state index in [-0.39, 0.29) is 26.4 Å². The van der Waals surface area contributed by atoms with Crippen LogP contribution in [-0.2, 0) is 28.5 Å². The van der Waals surface area contributed by atoms with Crippen LogP contribution in [0.5, 0.6) is 0 Å². The van der Waals surface area contributed by atoms with Gasteiger partial charge >= 0.3 is 11.9 Å². The molecule has 2 N–H and O–H groups in total. The zero-order valence-electron chi connectivity index (χ0n) is 10.9. The van der Waals surface area contributed by atoms with Crippen LogP contribution in [0.4, 0.5) is 0 Å². The van der Waals surface area contributed by atoms with Gasteiger partial charge in [0.1, 0.15) is 0 Å². The molecule has 2 atom stereocenters. The van der Waals surface area contributed by atoms with Gasteiger partial charge in [-0.15, -0.1) is 0 Å². The highest BCUT2D eigenvalue weighted by molar-refractivity contribution is 5.83. The Morgan fingerprint density at radius 3 is 1.55 bits per heavy atom. The van der Waals surface area contributed by atoms with Crippen LogP contribution in [0, 0.1) is 0 Å². The van der Waals surface area contributed by atoms with Crippen molar-refractivity contribution in [2.45, 2.75) is 12.2 Å². The topological polar surface area (TPSA) is 112 Å². The second kappa shape index (κ2) is 9.43. The van der Waals surface area contributed by atoms with Crippen molar-refractivity contribution >= 4 is 11.9 Å². The van der Waals surface area contributed by atoms with Gasteiger partial charge in [0.2, 0.25) is 0 Å². The lowest BCUT2D eigenvalue weighted by Gasteiger charge is -2.21. The first-order valence-corrected chi connectivity index (χ1v) is 6.12. The number of rotatable bonds is 2. The van der Waals surface area contributed by atoms with Gasteiger partial charge < -0.3 is 29.2 Å². The molecule has 114 valence electrons. The molecule has 1 aliphatic heterocycles. The van der Waals surface area contributed by atoms with Gasteiger partial charge in [-0.3, -0.25) is 0 Å². The maximum absolute atomic E-state index is 11.1. The third-order valence-electron chi connectivity index (χ3n) is 2.41. The third kappa shape index (κ3) is 6.11. The molecule has 1 aliphatic rings. The summed E-state index contributed by atoms with van der Waals surface area (Å²) in [4.78, 5) is 22.1. The minimum absolute atomic E-state index is 0.0333. The smallest absolute Gasteiger partial charge is 0.336 e. The molecule has 0 aromatic rings. The van der Waals surface area contributed by atoms with Crippen molar-refractivity contribution in [3.05, 3.63) is 12.2 Å². The molecule has 2 unspecified atom stereocenters. The van der Waals surface area contributed by atoms with Crippen LogP contribution in [0.3, 0.4) is 0 Å². The van der Waals surface area contributed by atoms with E-state index >= 15 is 0 Å². The summed E-state index contributed by atoms with van der Waals surface area (Å²) in [6.45, 7) is 0.943. The fourth-order valence-corrected chi connectivity index (χ4v) is 1.48. The highest BCUT2D eigenvalue weighted by atomic mass is 16.6. The SMILES string of the molecule is O=C(O)C1OCCOCC=CCOCCOC1C(=O)O. The largest absolute Gasteiger partial charge is 0.479 e. The van der Waals surface area contributed by atoms with Crippen LogP contribution in [-0.4, -0.2) is 74.0 Å². The van der Waals surface area contributed by atoms with Gasteiger partial charge in [-0.25, -0.2) is 9.59 Å².